The summed E-state index contributed by atoms with van der Waals surface area (Å²) < 4.78 is 24.5. The Bertz CT molecular complexity index is 683. The summed E-state index contributed by atoms with van der Waals surface area (Å²) in [7, 11) is -3.37. The lowest BCUT2D eigenvalue weighted by Gasteiger charge is -2.06. The van der Waals surface area contributed by atoms with Crippen LogP contribution in [0.4, 0.5) is 10.8 Å². The van der Waals surface area contributed by atoms with Crippen molar-refractivity contribution in [1.82, 2.24) is 10.2 Å². The lowest BCUT2D eigenvalue weighted by Crippen LogP contribution is -2.13. The molecule has 0 aliphatic carbocycles. The molecule has 1 aromatic heterocycles. The van der Waals surface area contributed by atoms with E-state index >= 15 is 0 Å². The third-order valence-corrected chi connectivity index (χ3v) is 3.22. The van der Waals surface area contributed by atoms with Gasteiger partial charge in [0, 0.05) is 11.3 Å². The smallest absolute Gasteiger partial charge is 0.257 e. The summed E-state index contributed by atoms with van der Waals surface area (Å²) in [4.78, 5) is 11.9. The molecule has 2 rings (SSSR count). The van der Waals surface area contributed by atoms with E-state index in [1.54, 1.807) is 18.2 Å². The summed E-state index contributed by atoms with van der Waals surface area (Å²) in [6.45, 7) is 0. The van der Waals surface area contributed by atoms with E-state index in [1.165, 1.54) is 22.9 Å². The first-order valence-corrected chi connectivity index (χ1v) is 7.86. The summed E-state index contributed by atoms with van der Waals surface area (Å²) in [6, 6.07) is 6.16. The molecule has 100 valence electrons. The number of nitrogens with one attached hydrogen (secondary N) is 2. The van der Waals surface area contributed by atoms with E-state index in [0.29, 0.717) is 16.4 Å². The maximum Gasteiger partial charge on any atom is 0.257 e. The number of nitrogens with zero attached hydrogens (tertiary/aromatic N) is 2. The van der Waals surface area contributed by atoms with Gasteiger partial charge in [0.05, 0.1) is 6.26 Å². The molecule has 7 nitrogen and oxygen atoms in total. The Balaban J connectivity index is 2.16. The number of hydrogen-bond acceptors (Lipinski definition) is 6. The van der Waals surface area contributed by atoms with Crippen LogP contribution in [0.1, 0.15) is 10.4 Å². The molecule has 9 heteroatoms. The number of benzene rings is 1. The highest BCUT2D eigenvalue weighted by Gasteiger charge is 2.09. The predicted octanol–water partition coefficient (Wildman–Crippen LogP) is 1.16. The lowest BCUT2D eigenvalue weighted by molar-refractivity contribution is 0.102. The van der Waals surface area contributed by atoms with Gasteiger partial charge in [-0.3, -0.25) is 14.8 Å². The average molecular weight is 298 g/mol. The van der Waals surface area contributed by atoms with Gasteiger partial charge in [-0.2, -0.15) is 0 Å². The zero-order valence-corrected chi connectivity index (χ0v) is 11.5. The quantitative estimate of drug-likeness (QED) is 0.882. The first-order valence-electron chi connectivity index (χ1n) is 5.09. The Morgan fingerprint density at radius 3 is 2.79 bits per heavy atom. The fourth-order valence-electron chi connectivity index (χ4n) is 1.33. The largest absolute Gasteiger partial charge is 0.296 e. The molecule has 0 spiro atoms. The van der Waals surface area contributed by atoms with Gasteiger partial charge in [-0.05, 0) is 18.2 Å². The van der Waals surface area contributed by atoms with E-state index in [-0.39, 0.29) is 5.91 Å². The third kappa shape index (κ3) is 4.00. The van der Waals surface area contributed by atoms with Gasteiger partial charge >= 0.3 is 0 Å². The van der Waals surface area contributed by atoms with Crippen LogP contribution in [0.15, 0.2) is 29.8 Å². The van der Waals surface area contributed by atoms with Crippen molar-refractivity contribution in [3.8, 4) is 0 Å². The van der Waals surface area contributed by atoms with Crippen molar-refractivity contribution in [2.45, 2.75) is 0 Å². The van der Waals surface area contributed by atoms with Gasteiger partial charge in [0.25, 0.3) is 5.91 Å². The highest BCUT2D eigenvalue weighted by molar-refractivity contribution is 7.92. The number of aromatic nitrogens is 2. The van der Waals surface area contributed by atoms with Gasteiger partial charge in [-0.1, -0.05) is 17.4 Å². The van der Waals surface area contributed by atoms with Crippen molar-refractivity contribution in [2.24, 2.45) is 0 Å². The molecule has 0 saturated carbocycles. The summed E-state index contributed by atoms with van der Waals surface area (Å²) in [6.07, 6.45) is 1.04. The zero-order valence-electron chi connectivity index (χ0n) is 9.82. The van der Waals surface area contributed by atoms with Gasteiger partial charge < -0.3 is 0 Å². The van der Waals surface area contributed by atoms with E-state index in [2.05, 4.69) is 20.2 Å². The molecule has 1 aromatic carbocycles. The Labute approximate surface area is 113 Å². The molecule has 1 heterocycles. The number of sulfonamides is 1. The fourth-order valence-corrected chi connectivity index (χ4v) is 2.33. The van der Waals surface area contributed by atoms with Crippen LogP contribution >= 0.6 is 11.3 Å². The lowest BCUT2D eigenvalue weighted by atomic mass is 10.2. The second-order valence-corrected chi connectivity index (χ2v) is 6.23. The van der Waals surface area contributed by atoms with E-state index in [9.17, 15) is 13.2 Å². The van der Waals surface area contributed by atoms with Gasteiger partial charge in [0.2, 0.25) is 15.2 Å². The van der Waals surface area contributed by atoms with Crippen LogP contribution in [0.2, 0.25) is 0 Å². The van der Waals surface area contributed by atoms with Gasteiger partial charge in [-0.15, -0.1) is 10.2 Å². The zero-order chi connectivity index (χ0) is 13.9. The molecule has 0 atom stereocenters. The number of rotatable bonds is 4. The minimum Gasteiger partial charge on any atom is -0.296 e. The molecule has 0 radical (unpaired) electrons. The first kappa shape index (κ1) is 13.4. The van der Waals surface area contributed by atoms with Crippen LogP contribution in [-0.4, -0.2) is 30.8 Å². The average Bonchev–Trinajstić information content (AvgIpc) is 2.80. The summed E-state index contributed by atoms with van der Waals surface area (Å²) in [5.74, 6) is -0.381. The molecular weight excluding hydrogens is 288 g/mol. The Morgan fingerprint density at radius 2 is 2.16 bits per heavy atom. The highest BCUT2D eigenvalue weighted by atomic mass is 32.2. The van der Waals surface area contributed by atoms with Gasteiger partial charge in [-0.25, -0.2) is 8.42 Å². The number of hydrogen-bond donors (Lipinski definition) is 2. The van der Waals surface area contributed by atoms with E-state index in [0.717, 1.165) is 6.26 Å². The monoisotopic (exact) mass is 298 g/mol. The second-order valence-electron chi connectivity index (χ2n) is 3.65. The minimum absolute atomic E-state index is 0.323. The molecule has 19 heavy (non-hydrogen) atoms. The molecule has 2 aromatic rings. The van der Waals surface area contributed by atoms with E-state index < -0.39 is 10.0 Å². The molecular formula is C10H10N4O3S2. The normalized spacial score (nSPS) is 11.0. The van der Waals surface area contributed by atoms with Crippen molar-refractivity contribution in [2.75, 3.05) is 16.3 Å². The maximum atomic E-state index is 11.9. The number of carbonyl (C=O) groups excluding carboxylic acids is 1. The minimum atomic E-state index is -3.37. The van der Waals surface area contributed by atoms with Crippen LogP contribution in [0.3, 0.4) is 0 Å². The first-order chi connectivity index (χ1) is 8.94. The standard InChI is InChI=1S/C10H10N4O3S2/c1-19(16,17)14-8-4-2-3-7(5-8)9(15)12-10-13-11-6-18-10/h2-6,14H,1H3,(H,12,13,15). The molecule has 0 bridgehead atoms. The Morgan fingerprint density at radius 1 is 1.37 bits per heavy atom. The van der Waals surface area contributed by atoms with Crippen molar-refractivity contribution in [3.05, 3.63) is 35.3 Å². The van der Waals surface area contributed by atoms with Crippen LogP contribution < -0.4 is 10.0 Å². The van der Waals surface area contributed by atoms with Crippen LogP contribution in [0.5, 0.6) is 0 Å². The third-order valence-electron chi connectivity index (χ3n) is 2.01. The Hall–Kier alpha value is -2.00. The number of anilines is 2. The topological polar surface area (TPSA) is 101 Å². The molecule has 0 fully saturated rings. The maximum absolute atomic E-state index is 11.9. The summed E-state index contributed by atoms with van der Waals surface area (Å²) >= 11 is 1.19. The van der Waals surface area contributed by atoms with Crippen molar-refractivity contribution in [1.29, 1.82) is 0 Å². The molecule has 0 saturated heterocycles. The SMILES string of the molecule is CS(=O)(=O)Nc1cccc(C(=O)Nc2nncs2)c1. The van der Waals surface area contributed by atoms with Crippen molar-refractivity contribution in [3.63, 3.8) is 0 Å². The Kier molecular flexibility index (Phi) is 3.76. The van der Waals surface area contributed by atoms with E-state index in [4.69, 9.17) is 0 Å². The van der Waals surface area contributed by atoms with Crippen LogP contribution in [0, 0.1) is 0 Å². The van der Waals surface area contributed by atoms with Crippen LogP contribution in [-0.2, 0) is 10.0 Å². The predicted molar refractivity (Wildman–Crippen MR) is 72.8 cm³/mol. The molecule has 0 unspecified atom stereocenters. The molecule has 0 aliphatic heterocycles. The molecule has 2 N–H and O–H groups in total. The number of amides is 1. The highest BCUT2D eigenvalue weighted by Crippen LogP contribution is 2.14. The second kappa shape index (κ2) is 5.33. The summed E-state index contributed by atoms with van der Waals surface area (Å²) in [5.41, 5.74) is 2.15. The fraction of sp³-hybridized carbons (Fsp3) is 0.100. The van der Waals surface area contributed by atoms with Crippen molar-refractivity contribution < 1.29 is 13.2 Å². The van der Waals surface area contributed by atoms with Gasteiger partial charge in [0.1, 0.15) is 5.51 Å². The van der Waals surface area contributed by atoms with Crippen LogP contribution in [0.25, 0.3) is 0 Å². The molecule has 1 amide bonds. The van der Waals surface area contributed by atoms with Gasteiger partial charge in [0.15, 0.2) is 0 Å². The molecule has 0 aliphatic rings. The van der Waals surface area contributed by atoms with E-state index in [1.807, 2.05) is 0 Å². The summed E-state index contributed by atoms with van der Waals surface area (Å²) in [5, 5.41) is 10.2. The number of carbonyl (C=O) groups is 1. The van der Waals surface area contributed by atoms with Crippen molar-refractivity contribution >= 4 is 38.1 Å².